The molecular weight excluding hydrogens is 278 g/mol. The maximum Gasteiger partial charge on any atom is 0.254 e. The standard InChI is InChI=1S/C18H21NO3/c1-10-11(2)17-14-9-16(22-5)15(21-4)8-13(14)6-7-19(17)18(20)12(10)3/h8-9H,6-7H2,1-5H3. The molecule has 0 N–H and O–H groups in total. The number of aryl methyl sites for hydroxylation is 1. The van der Waals surface area contributed by atoms with E-state index >= 15 is 0 Å². The minimum absolute atomic E-state index is 0.110. The van der Waals surface area contributed by atoms with Crippen molar-refractivity contribution in [1.29, 1.82) is 0 Å². The first-order valence-electron chi connectivity index (χ1n) is 7.45. The minimum Gasteiger partial charge on any atom is -0.493 e. The van der Waals surface area contributed by atoms with E-state index in [4.69, 9.17) is 9.47 Å². The van der Waals surface area contributed by atoms with Gasteiger partial charge < -0.3 is 14.0 Å². The Morgan fingerprint density at radius 1 is 0.955 bits per heavy atom. The van der Waals surface area contributed by atoms with Gasteiger partial charge in [-0.2, -0.15) is 0 Å². The molecular formula is C18H21NO3. The molecule has 0 fully saturated rings. The minimum atomic E-state index is 0.110. The zero-order valence-corrected chi connectivity index (χ0v) is 13.7. The van der Waals surface area contributed by atoms with Gasteiger partial charge in [-0.15, -0.1) is 0 Å². The van der Waals surface area contributed by atoms with Crippen molar-refractivity contribution >= 4 is 0 Å². The quantitative estimate of drug-likeness (QED) is 0.856. The van der Waals surface area contributed by atoms with Crippen molar-refractivity contribution in [3.8, 4) is 22.8 Å². The molecule has 1 aromatic carbocycles. The first-order valence-corrected chi connectivity index (χ1v) is 7.45. The van der Waals surface area contributed by atoms with E-state index < -0.39 is 0 Å². The molecule has 0 saturated heterocycles. The van der Waals surface area contributed by atoms with Crippen LogP contribution in [0.5, 0.6) is 11.5 Å². The smallest absolute Gasteiger partial charge is 0.254 e. The molecule has 0 saturated carbocycles. The molecule has 3 rings (SSSR count). The largest absolute Gasteiger partial charge is 0.493 e. The number of rotatable bonds is 2. The fraction of sp³-hybridized carbons (Fsp3) is 0.389. The third-order valence-electron chi connectivity index (χ3n) is 4.79. The number of hydrogen-bond acceptors (Lipinski definition) is 3. The predicted octanol–water partition coefficient (Wildman–Crippen LogP) is 3.01. The monoisotopic (exact) mass is 299 g/mol. The van der Waals surface area contributed by atoms with Crippen LogP contribution in [0.25, 0.3) is 11.3 Å². The summed E-state index contributed by atoms with van der Waals surface area (Å²) < 4.78 is 12.7. The van der Waals surface area contributed by atoms with Crippen LogP contribution in [0.1, 0.15) is 22.3 Å². The maximum absolute atomic E-state index is 12.6. The van der Waals surface area contributed by atoms with E-state index in [1.165, 1.54) is 5.56 Å². The van der Waals surface area contributed by atoms with Gasteiger partial charge in [0.1, 0.15) is 0 Å². The van der Waals surface area contributed by atoms with Crippen molar-refractivity contribution in [2.24, 2.45) is 0 Å². The summed E-state index contributed by atoms with van der Waals surface area (Å²) in [7, 11) is 3.28. The highest BCUT2D eigenvalue weighted by molar-refractivity contribution is 5.73. The Kier molecular flexibility index (Phi) is 3.47. The molecule has 1 aliphatic heterocycles. The molecule has 4 nitrogen and oxygen atoms in total. The molecule has 22 heavy (non-hydrogen) atoms. The SMILES string of the molecule is COc1cc2c(cc1OC)-c1c(C)c(C)c(C)c(=O)n1CC2. The molecule has 0 spiro atoms. The number of methoxy groups -OCH3 is 2. The van der Waals surface area contributed by atoms with Gasteiger partial charge in [0.15, 0.2) is 11.5 Å². The van der Waals surface area contributed by atoms with E-state index in [1.54, 1.807) is 14.2 Å². The van der Waals surface area contributed by atoms with E-state index in [9.17, 15) is 4.79 Å². The van der Waals surface area contributed by atoms with E-state index in [0.29, 0.717) is 12.3 Å². The number of benzene rings is 1. The van der Waals surface area contributed by atoms with Gasteiger partial charge in [-0.25, -0.2) is 0 Å². The normalized spacial score (nSPS) is 12.6. The summed E-state index contributed by atoms with van der Waals surface area (Å²) in [5.41, 5.74) is 6.45. The molecule has 2 heterocycles. The van der Waals surface area contributed by atoms with Crippen LogP contribution in [0.2, 0.25) is 0 Å². The molecule has 1 aliphatic rings. The van der Waals surface area contributed by atoms with Gasteiger partial charge in [0.05, 0.1) is 19.9 Å². The van der Waals surface area contributed by atoms with Crippen LogP contribution in [-0.2, 0) is 13.0 Å². The number of pyridine rings is 1. The molecule has 2 aromatic rings. The number of fused-ring (bicyclic) bond motifs is 3. The summed E-state index contributed by atoms with van der Waals surface area (Å²) >= 11 is 0. The number of ether oxygens (including phenoxy) is 2. The highest BCUT2D eigenvalue weighted by atomic mass is 16.5. The summed E-state index contributed by atoms with van der Waals surface area (Å²) in [5.74, 6) is 1.43. The van der Waals surface area contributed by atoms with Crippen molar-refractivity contribution in [2.75, 3.05) is 14.2 Å². The summed E-state index contributed by atoms with van der Waals surface area (Å²) in [6.07, 6.45) is 0.824. The summed E-state index contributed by atoms with van der Waals surface area (Å²) in [6, 6.07) is 4.01. The zero-order chi connectivity index (χ0) is 16.0. The van der Waals surface area contributed by atoms with Gasteiger partial charge in [-0.05, 0) is 56.0 Å². The fourth-order valence-electron chi connectivity index (χ4n) is 3.27. The van der Waals surface area contributed by atoms with Crippen molar-refractivity contribution < 1.29 is 9.47 Å². The van der Waals surface area contributed by atoms with E-state index in [1.807, 2.05) is 30.5 Å². The Balaban J connectivity index is 2.37. The molecule has 0 amide bonds. The lowest BCUT2D eigenvalue weighted by molar-refractivity contribution is 0.354. The lowest BCUT2D eigenvalue weighted by atomic mass is 9.91. The molecule has 1 aromatic heterocycles. The molecule has 0 bridgehead atoms. The molecule has 4 heteroatoms. The van der Waals surface area contributed by atoms with E-state index in [0.717, 1.165) is 40.1 Å². The van der Waals surface area contributed by atoms with Crippen molar-refractivity contribution in [1.82, 2.24) is 4.57 Å². The van der Waals surface area contributed by atoms with Gasteiger partial charge in [0.25, 0.3) is 5.56 Å². The lowest BCUT2D eigenvalue weighted by Gasteiger charge is -2.26. The molecule has 0 aliphatic carbocycles. The van der Waals surface area contributed by atoms with Gasteiger partial charge in [-0.1, -0.05) is 0 Å². The summed E-state index contributed by atoms with van der Waals surface area (Å²) in [5, 5.41) is 0. The van der Waals surface area contributed by atoms with Crippen LogP contribution in [0.3, 0.4) is 0 Å². The van der Waals surface area contributed by atoms with Crippen LogP contribution >= 0.6 is 0 Å². The average Bonchev–Trinajstić information content (AvgIpc) is 2.55. The third kappa shape index (κ3) is 1.94. The molecule has 0 radical (unpaired) electrons. The van der Waals surface area contributed by atoms with Gasteiger partial charge >= 0.3 is 0 Å². The van der Waals surface area contributed by atoms with Crippen molar-refractivity contribution in [3.63, 3.8) is 0 Å². The van der Waals surface area contributed by atoms with Crippen LogP contribution in [0.15, 0.2) is 16.9 Å². The first-order chi connectivity index (χ1) is 10.5. The predicted molar refractivity (Wildman–Crippen MR) is 87.2 cm³/mol. The molecule has 0 unspecified atom stereocenters. The van der Waals surface area contributed by atoms with Crippen molar-refractivity contribution in [3.05, 3.63) is 44.7 Å². The second-order valence-electron chi connectivity index (χ2n) is 5.79. The molecule has 0 atom stereocenters. The highest BCUT2D eigenvalue weighted by Crippen LogP contribution is 2.39. The Morgan fingerprint density at radius 2 is 1.59 bits per heavy atom. The topological polar surface area (TPSA) is 40.5 Å². The van der Waals surface area contributed by atoms with Crippen molar-refractivity contribution in [2.45, 2.75) is 33.7 Å². The van der Waals surface area contributed by atoms with Gasteiger partial charge in [0, 0.05) is 17.7 Å². The van der Waals surface area contributed by atoms with Crippen LogP contribution in [0, 0.1) is 20.8 Å². The Morgan fingerprint density at radius 3 is 2.23 bits per heavy atom. The maximum atomic E-state index is 12.6. The van der Waals surface area contributed by atoms with Crippen LogP contribution in [-0.4, -0.2) is 18.8 Å². The Hall–Kier alpha value is -2.23. The Bertz CT molecular complexity index is 818. The Labute approximate surface area is 130 Å². The number of hydrogen-bond donors (Lipinski definition) is 0. The lowest BCUT2D eigenvalue weighted by Crippen LogP contribution is -2.29. The number of nitrogens with zero attached hydrogens (tertiary/aromatic N) is 1. The molecule has 116 valence electrons. The zero-order valence-electron chi connectivity index (χ0n) is 13.7. The van der Waals surface area contributed by atoms with E-state index in [-0.39, 0.29) is 5.56 Å². The fourth-order valence-corrected chi connectivity index (χ4v) is 3.27. The van der Waals surface area contributed by atoms with Crippen LogP contribution in [0.4, 0.5) is 0 Å². The summed E-state index contributed by atoms with van der Waals surface area (Å²) in [4.78, 5) is 12.6. The average molecular weight is 299 g/mol. The first kappa shape index (κ1) is 14.7. The summed E-state index contributed by atoms with van der Waals surface area (Å²) in [6.45, 7) is 6.71. The van der Waals surface area contributed by atoms with Crippen LogP contribution < -0.4 is 15.0 Å². The third-order valence-corrected chi connectivity index (χ3v) is 4.79. The van der Waals surface area contributed by atoms with Gasteiger partial charge in [-0.3, -0.25) is 4.79 Å². The van der Waals surface area contributed by atoms with Gasteiger partial charge in [0.2, 0.25) is 0 Å². The second-order valence-corrected chi connectivity index (χ2v) is 5.79. The van der Waals surface area contributed by atoms with E-state index in [2.05, 4.69) is 6.92 Å². The number of aromatic nitrogens is 1. The highest BCUT2D eigenvalue weighted by Gasteiger charge is 2.24. The second kappa shape index (κ2) is 5.20.